The molecule has 4 nitrogen and oxygen atoms in total. The zero-order valence-electron chi connectivity index (χ0n) is 13.2. The molecule has 1 rings (SSSR count). The molecule has 0 amide bonds. The van der Waals surface area contributed by atoms with Crippen LogP contribution < -0.4 is 15.5 Å². The third-order valence-electron chi connectivity index (χ3n) is 2.80. The Morgan fingerprint density at radius 2 is 1.95 bits per heavy atom. The first-order valence-corrected chi connectivity index (χ1v) is 7.06. The number of rotatable bonds is 6. The molecule has 0 aliphatic rings. The predicted molar refractivity (Wildman–Crippen MR) is 99.3 cm³/mol. The van der Waals surface area contributed by atoms with E-state index >= 15 is 0 Å². The average Bonchev–Trinajstić information content (AvgIpc) is 2.41. The molecule has 0 bridgehead atoms. The monoisotopic (exact) mass is 408 g/mol. The molecule has 0 atom stereocenters. The number of hydrogen-bond acceptors (Lipinski definition) is 2. The first-order valence-electron chi connectivity index (χ1n) is 7.06. The SMILES string of the molecule is CCCNC(=NCc1ccc(N(C)C)c(F)c1)NCC.I. The number of halogens is 2. The Bertz CT molecular complexity index is 449. The van der Waals surface area contributed by atoms with Gasteiger partial charge in [0.2, 0.25) is 0 Å². The zero-order chi connectivity index (χ0) is 15.0. The maximum Gasteiger partial charge on any atom is 0.191 e. The van der Waals surface area contributed by atoms with Crippen molar-refractivity contribution in [2.45, 2.75) is 26.8 Å². The zero-order valence-corrected chi connectivity index (χ0v) is 15.6. The summed E-state index contributed by atoms with van der Waals surface area (Å²) in [5.41, 5.74) is 1.45. The van der Waals surface area contributed by atoms with Gasteiger partial charge in [-0.3, -0.25) is 0 Å². The Balaban J connectivity index is 0.00000400. The largest absolute Gasteiger partial charge is 0.375 e. The van der Waals surface area contributed by atoms with Crippen molar-refractivity contribution in [1.82, 2.24) is 10.6 Å². The second-order valence-corrected chi connectivity index (χ2v) is 4.80. The summed E-state index contributed by atoms with van der Waals surface area (Å²) in [5.74, 6) is 0.556. The second kappa shape index (κ2) is 10.6. The minimum atomic E-state index is -0.214. The van der Waals surface area contributed by atoms with Crippen molar-refractivity contribution in [2.24, 2.45) is 4.99 Å². The highest BCUT2D eigenvalue weighted by atomic mass is 127. The van der Waals surface area contributed by atoms with Crippen LogP contribution in [-0.2, 0) is 6.54 Å². The summed E-state index contributed by atoms with van der Waals surface area (Å²) in [4.78, 5) is 6.21. The van der Waals surface area contributed by atoms with E-state index in [1.54, 1.807) is 17.0 Å². The van der Waals surface area contributed by atoms with E-state index in [1.165, 1.54) is 0 Å². The average molecular weight is 408 g/mol. The lowest BCUT2D eigenvalue weighted by Gasteiger charge is -2.14. The van der Waals surface area contributed by atoms with Gasteiger partial charge in [-0.05, 0) is 31.0 Å². The molecule has 1 aromatic carbocycles. The van der Waals surface area contributed by atoms with Gasteiger partial charge in [0, 0.05) is 27.2 Å². The molecule has 120 valence electrons. The number of anilines is 1. The lowest BCUT2D eigenvalue weighted by atomic mass is 10.2. The van der Waals surface area contributed by atoms with E-state index in [9.17, 15) is 4.39 Å². The Morgan fingerprint density at radius 3 is 2.48 bits per heavy atom. The molecule has 21 heavy (non-hydrogen) atoms. The van der Waals surface area contributed by atoms with Crippen molar-refractivity contribution in [3.8, 4) is 0 Å². The van der Waals surface area contributed by atoms with Gasteiger partial charge in [-0.2, -0.15) is 0 Å². The molecular weight excluding hydrogens is 382 g/mol. The second-order valence-electron chi connectivity index (χ2n) is 4.80. The van der Waals surface area contributed by atoms with Crippen LogP contribution in [0.5, 0.6) is 0 Å². The van der Waals surface area contributed by atoms with E-state index in [0.717, 1.165) is 31.0 Å². The third-order valence-corrected chi connectivity index (χ3v) is 2.80. The van der Waals surface area contributed by atoms with Crippen molar-refractivity contribution in [1.29, 1.82) is 0 Å². The summed E-state index contributed by atoms with van der Waals surface area (Å²) in [7, 11) is 3.66. The highest BCUT2D eigenvalue weighted by Gasteiger charge is 2.05. The van der Waals surface area contributed by atoms with Crippen LogP contribution in [0.4, 0.5) is 10.1 Å². The lowest BCUT2D eigenvalue weighted by Crippen LogP contribution is -2.37. The van der Waals surface area contributed by atoms with Crippen LogP contribution in [0.3, 0.4) is 0 Å². The molecule has 0 spiro atoms. The summed E-state index contributed by atoms with van der Waals surface area (Å²) in [5, 5.41) is 6.39. The maximum absolute atomic E-state index is 13.9. The Labute approximate surface area is 144 Å². The molecule has 0 aliphatic heterocycles. The van der Waals surface area contributed by atoms with Crippen molar-refractivity contribution in [3.05, 3.63) is 29.6 Å². The highest BCUT2D eigenvalue weighted by molar-refractivity contribution is 14.0. The first-order chi connectivity index (χ1) is 9.58. The fraction of sp³-hybridized carbons (Fsp3) is 0.533. The Hall–Kier alpha value is -1.05. The van der Waals surface area contributed by atoms with E-state index in [2.05, 4.69) is 22.5 Å². The van der Waals surface area contributed by atoms with Crippen LogP contribution in [0.25, 0.3) is 0 Å². The molecule has 1 aromatic rings. The van der Waals surface area contributed by atoms with Gasteiger partial charge in [0.05, 0.1) is 12.2 Å². The number of hydrogen-bond donors (Lipinski definition) is 2. The molecular formula is C15H26FIN4. The van der Waals surface area contributed by atoms with E-state index in [1.807, 2.05) is 27.1 Å². The lowest BCUT2D eigenvalue weighted by molar-refractivity contribution is 0.624. The van der Waals surface area contributed by atoms with Crippen molar-refractivity contribution in [2.75, 3.05) is 32.1 Å². The molecule has 0 saturated carbocycles. The minimum absolute atomic E-state index is 0. The van der Waals surface area contributed by atoms with Gasteiger partial charge < -0.3 is 15.5 Å². The van der Waals surface area contributed by atoms with E-state index in [4.69, 9.17) is 0 Å². The predicted octanol–water partition coefficient (Wildman–Crippen LogP) is 2.97. The van der Waals surface area contributed by atoms with Gasteiger partial charge >= 0.3 is 0 Å². The van der Waals surface area contributed by atoms with Gasteiger partial charge in [0.15, 0.2) is 5.96 Å². The van der Waals surface area contributed by atoms with Crippen LogP contribution in [-0.4, -0.2) is 33.1 Å². The number of nitrogens with one attached hydrogen (secondary N) is 2. The standard InChI is InChI=1S/C15H25FN4.HI/c1-5-9-18-15(17-6-2)19-11-12-7-8-14(20(3)4)13(16)10-12;/h7-8,10H,5-6,9,11H2,1-4H3,(H2,17,18,19);1H. The van der Waals surface area contributed by atoms with Crippen LogP contribution in [0.2, 0.25) is 0 Å². The molecule has 6 heteroatoms. The van der Waals surface area contributed by atoms with Gasteiger partial charge in [-0.15, -0.1) is 24.0 Å². The van der Waals surface area contributed by atoms with Crippen molar-refractivity contribution < 1.29 is 4.39 Å². The quantitative estimate of drug-likeness (QED) is 0.432. The number of guanidine groups is 1. The Morgan fingerprint density at radius 1 is 1.24 bits per heavy atom. The first kappa shape index (κ1) is 19.9. The van der Waals surface area contributed by atoms with Crippen molar-refractivity contribution in [3.63, 3.8) is 0 Å². The van der Waals surface area contributed by atoms with Crippen LogP contribution in [0, 0.1) is 5.82 Å². The molecule has 0 aromatic heterocycles. The van der Waals surface area contributed by atoms with E-state index in [-0.39, 0.29) is 29.8 Å². The van der Waals surface area contributed by atoms with Gasteiger partial charge in [0.25, 0.3) is 0 Å². The summed E-state index contributed by atoms with van der Waals surface area (Å²) in [6, 6.07) is 5.24. The molecule has 0 heterocycles. The number of benzene rings is 1. The third kappa shape index (κ3) is 6.97. The van der Waals surface area contributed by atoms with Crippen LogP contribution in [0.15, 0.2) is 23.2 Å². The minimum Gasteiger partial charge on any atom is -0.375 e. The Kier molecular flexibility index (Phi) is 10.1. The highest BCUT2D eigenvalue weighted by Crippen LogP contribution is 2.18. The van der Waals surface area contributed by atoms with Gasteiger partial charge in [-0.25, -0.2) is 9.38 Å². The molecule has 0 radical (unpaired) electrons. The smallest absolute Gasteiger partial charge is 0.191 e. The molecule has 0 fully saturated rings. The van der Waals surface area contributed by atoms with Gasteiger partial charge in [0.1, 0.15) is 5.82 Å². The molecule has 2 N–H and O–H groups in total. The summed E-state index contributed by atoms with van der Waals surface area (Å²) in [6.07, 6.45) is 1.04. The fourth-order valence-corrected chi connectivity index (χ4v) is 1.77. The molecule has 0 saturated heterocycles. The summed E-state index contributed by atoms with van der Waals surface area (Å²) in [6.45, 7) is 6.27. The topological polar surface area (TPSA) is 39.7 Å². The van der Waals surface area contributed by atoms with Crippen molar-refractivity contribution >= 4 is 35.6 Å². The van der Waals surface area contributed by atoms with E-state index < -0.39 is 0 Å². The normalized spacial score (nSPS) is 10.8. The van der Waals surface area contributed by atoms with E-state index in [0.29, 0.717) is 12.2 Å². The van der Waals surface area contributed by atoms with Crippen LogP contribution >= 0.6 is 24.0 Å². The summed E-state index contributed by atoms with van der Waals surface area (Å²) < 4.78 is 13.9. The fourth-order valence-electron chi connectivity index (χ4n) is 1.77. The molecule has 0 aliphatic carbocycles. The van der Waals surface area contributed by atoms with Gasteiger partial charge in [-0.1, -0.05) is 13.0 Å². The number of nitrogens with zero attached hydrogens (tertiary/aromatic N) is 2. The summed E-state index contributed by atoms with van der Waals surface area (Å²) >= 11 is 0. The molecule has 0 unspecified atom stereocenters. The number of aliphatic imine (C=N–C) groups is 1. The van der Waals surface area contributed by atoms with Crippen LogP contribution in [0.1, 0.15) is 25.8 Å². The maximum atomic E-state index is 13.9.